The summed E-state index contributed by atoms with van der Waals surface area (Å²) in [5, 5.41) is 19.6. The first-order valence-electron chi connectivity index (χ1n) is 12.2. The molecule has 36 heavy (non-hydrogen) atoms. The van der Waals surface area contributed by atoms with Crippen LogP contribution in [0.1, 0.15) is 32.3 Å². The molecule has 0 saturated heterocycles. The summed E-state index contributed by atoms with van der Waals surface area (Å²) in [5.74, 6) is 1.37. The van der Waals surface area contributed by atoms with E-state index in [1.807, 2.05) is 47.6 Å². The van der Waals surface area contributed by atoms with Crippen LogP contribution < -0.4 is 21.0 Å². The second-order valence-corrected chi connectivity index (χ2v) is 9.29. The zero-order valence-electron chi connectivity index (χ0n) is 20.4. The van der Waals surface area contributed by atoms with Crippen molar-refractivity contribution in [3.63, 3.8) is 0 Å². The smallest absolute Gasteiger partial charge is 0.411 e. The zero-order valence-corrected chi connectivity index (χ0v) is 20.4. The molecule has 2 aromatic carbocycles. The van der Waals surface area contributed by atoms with E-state index in [1.165, 1.54) is 12.8 Å². The average Bonchev–Trinajstić information content (AvgIpc) is 3.42. The van der Waals surface area contributed by atoms with E-state index in [0.29, 0.717) is 30.3 Å². The van der Waals surface area contributed by atoms with Crippen molar-refractivity contribution in [2.24, 2.45) is 11.0 Å². The number of ether oxygens (including phenoxy) is 2. The highest BCUT2D eigenvalue weighted by Crippen LogP contribution is 2.39. The number of rotatable bonds is 9. The molecule has 1 aliphatic heterocycles. The van der Waals surface area contributed by atoms with E-state index in [1.54, 1.807) is 25.7 Å². The fourth-order valence-corrected chi connectivity index (χ4v) is 4.29. The standard InChI is InChI=1S/C26H29N7O3/c1-17(2)36-26(34)30-20-7-5-19(6-8-20)25-23(14-27)22-10-9-21(35-12-11-33-29-16-28-31-33)13-24(22)32(25)15-18-3-4-18/h5-10,13,16-18,31H,3-4,11-12,15H2,1-2H3,(H,28,29)(H,30,34)/p+1. The lowest BCUT2D eigenvalue weighted by atomic mass is 10.1. The Morgan fingerprint density at radius 3 is 2.75 bits per heavy atom. The summed E-state index contributed by atoms with van der Waals surface area (Å²) in [5.41, 5.74) is 8.80. The Morgan fingerprint density at radius 1 is 1.28 bits per heavy atom. The fourth-order valence-electron chi connectivity index (χ4n) is 4.29. The third-order valence-corrected chi connectivity index (χ3v) is 6.14. The number of carbonyl (C=O) groups is 1. The molecule has 0 spiro atoms. The highest BCUT2D eigenvalue weighted by Gasteiger charge is 2.27. The number of nitrogens with zero attached hydrogens (tertiary/aromatic N) is 4. The number of amides is 1. The van der Waals surface area contributed by atoms with Gasteiger partial charge in [-0.25, -0.2) is 4.79 Å². The third-order valence-electron chi connectivity index (χ3n) is 6.14. The van der Waals surface area contributed by atoms with E-state index in [2.05, 4.69) is 26.5 Å². The van der Waals surface area contributed by atoms with Gasteiger partial charge in [-0.2, -0.15) is 5.26 Å². The molecule has 3 aromatic rings. The topological polar surface area (TPSA) is 121 Å². The number of quaternary nitrogens is 1. The van der Waals surface area contributed by atoms with Gasteiger partial charge in [0.05, 0.1) is 22.9 Å². The summed E-state index contributed by atoms with van der Waals surface area (Å²) >= 11 is 0. The van der Waals surface area contributed by atoms with Gasteiger partial charge >= 0.3 is 6.09 Å². The van der Waals surface area contributed by atoms with Crippen LogP contribution in [0.2, 0.25) is 0 Å². The summed E-state index contributed by atoms with van der Waals surface area (Å²) in [6.07, 6.45) is 3.33. The van der Waals surface area contributed by atoms with E-state index >= 15 is 0 Å². The lowest BCUT2D eigenvalue weighted by molar-refractivity contribution is -0.808. The minimum Gasteiger partial charge on any atom is -0.492 e. The van der Waals surface area contributed by atoms with Crippen LogP contribution in [0.3, 0.4) is 0 Å². The van der Waals surface area contributed by atoms with Crippen LogP contribution >= 0.6 is 0 Å². The Morgan fingerprint density at radius 2 is 2.08 bits per heavy atom. The summed E-state index contributed by atoms with van der Waals surface area (Å²) in [4.78, 5) is 12.0. The van der Waals surface area contributed by atoms with Gasteiger partial charge in [0.1, 0.15) is 25.0 Å². The molecule has 0 unspecified atom stereocenters. The van der Waals surface area contributed by atoms with Gasteiger partial charge in [-0.15, -0.1) is 5.53 Å². The zero-order chi connectivity index (χ0) is 25.1. The number of hydrogen-bond donors (Lipinski definition) is 3. The Balaban J connectivity index is 1.43. The summed E-state index contributed by atoms with van der Waals surface area (Å²) in [7, 11) is 0. The number of carbonyl (C=O) groups excluding carboxylic acids is 1. The molecule has 1 aromatic heterocycles. The number of aromatic nitrogens is 1. The Labute approximate surface area is 209 Å². The molecule has 4 N–H and O–H groups in total. The number of nitriles is 1. The maximum Gasteiger partial charge on any atom is 0.411 e. The molecule has 2 aliphatic rings. The minimum absolute atomic E-state index is 0.196. The molecule has 1 amide bonds. The van der Waals surface area contributed by atoms with Crippen molar-refractivity contribution in [3.05, 3.63) is 48.0 Å². The predicted molar refractivity (Wildman–Crippen MR) is 136 cm³/mol. The molecular formula is C26H30N7O3+. The number of nitrogens with two attached hydrogens (primary N) is 1. The highest BCUT2D eigenvalue weighted by molar-refractivity contribution is 5.95. The summed E-state index contributed by atoms with van der Waals surface area (Å²) < 4.78 is 13.4. The summed E-state index contributed by atoms with van der Waals surface area (Å²) in [6, 6.07) is 15.9. The molecule has 1 fully saturated rings. The first kappa shape index (κ1) is 23.7. The number of hydrogen-bond acceptors (Lipinski definition) is 7. The molecule has 0 radical (unpaired) electrons. The lowest BCUT2D eigenvalue weighted by Gasteiger charge is -2.13. The van der Waals surface area contributed by atoms with Crippen LogP contribution in [-0.4, -0.2) is 41.4 Å². The van der Waals surface area contributed by atoms with Crippen molar-refractivity contribution in [1.82, 2.24) is 15.1 Å². The molecule has 0 bridgehead atoms. The predicted octanol–water partition coefficient (Wildman–Crippen LogP) is 3.17. The van der Waals surface area contributed by atoms with Gasteiger partial charge in [0.2, 0.25) is 0 Å². The number of anilines is 1. The monoisotopic (exact) mass is 488 g/mol. The number of hydrazine groups is 1. The van der Waals surface area contributed by atoms with Crippen molar-refractivity contribution >= 4 is 29.0 Å². The SMILES string of the molecule is CC(C)OC(=O)Nc1ccc(-c2c(C#N)c3ccc(OCCN4NC=N[NH2+]4)cc3n2CC2CC2)cc1. The molecule has 5 rings (SSSR count). The van der Waals surface area contributed by atoms with Crippen LogP contribution in [0.15, 0.2) is 47.6 Å². The van der Waals surface area contributed by atoms with Crippen molar-refractivity contribution < 1.29 is 19.8 Å². The molecule has 186 valence electrons. The van der Waals surface area contributed by atoms with Crippen molar-refractivity contribution in [1.29, 1.82) is 5.26 Å². The fraction of sp³-hybridized carbons (Fsp3) is 0.346. The third kappa shape index (κ3) is 5.27. The van der Waals surface area contributed by atoms with Gasteiger partial charge in [-0.05, 0) is 67.6 Å². The summed E-state index contributed by atoms with van der Waals surface area (Å²) in [6.45, 7) is 5.61. The molecule has 2 heterocycles. The maximum atomic E-state index is 12.0. The average molecular weight is 489 g/mol. The van der Waals surface area contributed by atoms with Gasteiger partial charge < -0.3 is 14.0 Å². The highest BCUT2D eigenvalue weighted by atomic mass is 16.6. The van der Waals surface area contributed by atoms with Crippen LogP contribution in [-0.2, 0) is 11.3 Å². The van der Waals surface area contributed by atoms with Crippen LogP contribution in [0, 0.1) is 17.2 Å². The van der Waals surface area contributed by atoms with E-state index in [9.17, 15) is 10.1 Å². The second-order valence-electron chi connectivity index (χ2n) is 9.29. The van der Waals surface area contributed by atoms with E-state index < -0.39 is 6.09 Å². The lowest BCUT2D eigenvalue weighted by Crippen LogP contribution is -2.88. The number of nitrogens with one attached hydrogen (secondary N) is 2. The molecule has 10 heteroatoms. The number of fused-ring (bicyclic) bond motifs is 1. The maximum absolute atomic E-state index is 12.0. The van der Waals surface area contributed by atoms with Crippen molar-refractivity contribution in [3.8, 4) is 23.1 Å². The minimum atomic E-state index is -0.489. The molecule has 10 nitrogen and oxygen atoms in total. The van der Waals surface area contributed by atoms with Gasteiger partial charge in [-0.1, -0.05) is 17.2 Å². The van der Waals surface area contributed by atoms with E-state index in [-0.39, 0.29) is 6.10 Å². The normalized spacial score (nSPS) is 15.2. The largest absolute Gasteiger partial charge is 0.492 e. The van der Waals surface area contributed by atoms with E-state index in [4.69, 9.17) is 9.47 Å². The first-order chi connectivity index (χ1) is 17.5. The first-order valence-corrected chi connectivity index (χ1v) is 12.2. The van der Waals surface area contributed by atoms with Gasteiger partial charge in [0.15, 0.2) is 6.34 Å². The van der Waals surface area contributed by atoms with Gasteiger partial charge in [-0.3, -0.25) is 10.7 Å². The molecular weight excluding hydrogens is 458 g/mol. The molecule has 0 atom stereocenters. The Hall–Kier alpha value is -4.07. The Kier molecular flexibility index (Phi) is 6.75. The van der Waals surface area contributed by atoms with E-state index in [0.717, 1.165) is 34.5 Å². The van der Waals surface area contributed by atoms with Gasteiger partial charge in [0, 0.05) is 23.7 Å². The number of benzene rings is 2. The van der Waals surface area contributed by atoms with Crippen LogP contribution in [0.25, 0.3) is 22.2 Å². The second kappa shape index (κ2) is 10.3. The van der Waals surface area contributed by atoms with Crippen LogP contribution in [0.4, 0.5) is 10.5 Å². The molecule has 1 saturated carbocycles. The Bertz CT molecular complexity index is 1310. The van der Waals surface area contributed by atoms with Crippen molar-refractivity contribution in [2.75, 3.05) is 18.5 Å². The molecule has 1 aliphatic carbocycles. The van der Waals surface area contributed by atoms with Crippen molar-refractivity contribution in [2.45, 2.75) is 39.3 Å². The van der Waals surface area contributed by atoms with Crippen LogP contribution in [0.5, 0.6) is 5.75 Å². The quantitative estimate of drug-likeness (QED) is 0.398. The van der Waals surface area contributed by atoms with Gasteiger partial charge in [0.25, 0.3) is 0 Å².